The van der Waals surface area contributed by atoms with Gasteiger partial charge in [0, 0.05) is 52.4 Å². The number of hydrogen-bond acceptors (Lipinski definition) is 4. The highest BCUT2D eigenvalue weighted by Gasteiger charge is 2.22. The van der Waals surface area contributed by atoms with Gasteiger partial charge in [-0.2, -0.15) is 0 Å². The molecule has 0 aromatic heterocycles. The molecule has 2 aromatic carbocycles. The molecule has 8 heteroatoms. The molecule has 1 aliphatic heterocycles. The van der Waals surface area contributed by atoms with Crippen LogP contribution in [-0.2, 0) is 11.3 Å². The Bertz CT molecular complexity index is 950. The highest BCUT2D eigenvalue weighted by molar-refractivity contribution is 5.78. The van der Waals surface area contributed by atoms with Gasteiger partial charge in [0.2, 0.25) is 0 Å². The quantitative estimate of drug-likeness (QED) is 0.335. The number of hydrogen-bond donors (Lipinski definition) is 1. The molecule has 1 saturated heterocycles. The van der Waals surface area contributed by atoms with Gasteiger partial charge >= 0.3 is 6.03 Å². The van der Waals surface area contributed by atoms with Gasteiger partial charge in [-0.3, -0.25) is 9.69 Å². The summed E-state index contributed by atoms with van der Waals surface area (Å²) in [7, 11) is 0. The van der Waals surface area contributed by atoms with E-state index in [0.29, 0.717) is 45.0 Å². The summed E-state index contributed by atoms with van der Waals surface area (Å²) in [5.41, 5.74) is 0.898. The van der Waals surface area contributed by atoms with Crippen molar-refractivity contribution in [1.82, 2.24) is 20.0 Å². The van der Waals surface area contributed by atoms with Crippen LogP contribution in [0.3, 0.4) is 0 Å². The number of nitrogens with zero attached hydrogens (tertiary/aromatic N) is 3. The maximum Gasteiger partial charge on any atom is 0.317 e. The number of para-hydroxylation sites is 1. The summed E-state index contributed by atoms with van der Waals surface area (Å²) in [5, 5.41) is 3.07. The summed E-state index contributed by atoms with van der Waals surface area (Å²) in [6.07, 6.45) is 7.04. The Balaban J connectivity index is 1.42. The van der Waals surface area contributed by atoms with Crippen molar-refractivity contribution in [1.29, 1.82) is 0 Å². The van der Waals surface area contributed by atoms with E-state index in [4.69, 9.17) is 4.74 Å². The van der Waals surface area contributed by atoms with Gasteiger partial charge in [0.15, 0.2) is 6.61 Å². The number of urea groups is 1. The van der Waals surface area contributed by atoms with E-state index in [1.165, 1.54) is 37.8 Å². The van der Waals surface area contributed by atoms with Crippen molar-refractivity contribution in [2.75, 3.05) is 52.4 Å². The second-order valence-electron chi connectivity index (χ2n) is 9.87. The summed E-state index contributed by atoms with van der Waals surface area (Å²) in [6, 6.07) is 15.6. The molecule has 0 spiro atoms. The molecule has 1 N–H and O–H groups in total. The maximum atomic E-state index is 13.4. The molecule has 0 aliphatic carbocycles. The second kappa shape index (κ2) is 16.7. The minimum Gasteiger partial charge on any atom is -0.484 e. The molecule has 3 amide bonds. The van der Waals surface area contributed by atoms with Crippen molar-refractivity contribution in [3.8, 4) is 5.75 Å². The van der Waals surface area contributed by atoms with Crippen LogP contribution in [0.15, 0.2) is 54.6 Å². The fourth-order valence-electron chi connectivity index (χ4n) is 4.51. The van der Waals surface area contributed by atoms with Gasteiger partial charge in [0.25, 0.3) is 5.91 Å². The average molecular weight is 527 g/mol. The first-order valence-electron chi connectivity index (χ1n) is 14.0. The van der Waals surface area contributed by atoms with Crippen LogP contribution in [0.25, 0.3) is 0 Å². The van der Waals surface area contributed by atoms with Crippen LogP contribution in [0.1, 0.15) is 51.0 Å². The Morgan fingerprint density at radius 2 is 1.61 bits per heavy atom. The summed E-state index contributed by atoms with van der Waals surface area (Å²) in [4.78, 5) is 31.5. The molecule has 0 unspecified atom stereocenters. The molecule has 0 bridgehead atoms. The number of amides is 3. The first-order chi connectivity index (χ1) is 18.5. The molecule has 208 valence electrons. The van der Waals surface area contributed by atoms with E-state index in [1.54, 1.807) is 17.0 Å². The normalized spacial score (nSPS) is 13.8. The van der Waals surface area contributed by atoms with Gasteiger partial charge in [0.1, 0.15) is 11.6 Å². The Kier molecular flexibility index (Phi) is 12.9. The third-order valence-corrected chi connectivity index (χ3v) is 6.90. The monoisotopic (exact) mass is 526 g/mol. The van der Waals surface area contributed by atoms with Crippen LogP contribution in [0.4, 0.5) is 9.18 Å². The standard InChI is InChI=1S/C30H43FN4O3/c1-2-3-4-5-6-10-17-32-30(37)35(24-26-13-15-27(31)16-14-26)23-20-33-18-21-34(22-19-33)29(36)25-38-28-11-8-7-9-12-28/h7-9,11-16H,2-6,10,17-25H2,1H3,(H,32,37). The van der Waals surface area contributed by atoms with Crippen LogP contribution >= 0.6 is 0 Å². The van der Waals surface area contributed by atoms with Crippen molar-refractivity contribution in [3.05, 3.63) is 66.0 Å². The molecular formula is C30H43FN4O3. The van der Waals surface area contributed by atoms with E-state index in [9.17, 15) is 14.0 Å². The van der Waals surface area contributed by atoms with E-state index in [-0.39, 0.29) is 24.4 Å². The molecule has 1 fully saturated rings. The van der Waals surface area contributed by atoms with Gasteiger partial charge in [-0.25, -0.2) is 9.18 Å². The molecule has 0 saturated carbocycles. The number of ether oxygens (including phenoxy) is 1. The highest BCUT2D eigenvalue weighted by atomic mass is 19.1. The number of benzene rings is 2. The van der Waals surface area contributed by atoms with E-state index in [2.05, 4.69) is 17.1 Å². The largest absolute Gasteiger partial charge is 0.484 e. The lowest BCUT2D eigenvalue weighted by Crippen LogP contribution is -2.52. The Hall–Kier alpha value is -3.13. The zero-order valence-electron chi connectivity index (χ0n) is 22.7. The van der Waals surface area contributed by atoms with Crippen molar-refractivity contribution in [2.24, 2.45) is 0 Å². The summed E-state index contributed by atoms with van der Waals surface area (Å²) < 4.78 is 19.0. The molecule has 7 nitrogen and oxygen atoms in total. The molecule has 1 heterocycles. The van der Waals surface area contributed by atoms with Crippen molar-refractivity contribution >= 4 is 11.9 Å². The molecule has 38 heavy (non-hydrogen) atoms. The minimum atomic E-state index is -0.283. The zero-order valence-corrected chi connectivity index (χ0v) is 22.7. The van der Waals surface area contributed by atoms with E-state index in [0.717, 1.165) is 31.5 Å². The zero-order chi connectivity index (χ0) is 27.0. The molecular weight excluding hydrogens is 483 g/mol. The Labute approximate surface area is 226 Å². The summed E-state index contributed by atoms with van der Waals surface area (Å²) in [5.74, 6) is 0.394. The van der Waals surface area contributed by atoms with Gasteiger partial charge < -0.3 is 19.9 Å². The van der Waals surface area contributed by atoms with E-state index >= 15 is 0 Å². The number of unbranched alkanes of at least 4 members (excludes halogenated alkanes) is 5. The first-order valence-corrected chi connectivity index (χ1v) is 14.0. The van der Waals surface area contributed by atoms with Crippen molar-refractivity contribution in [3.63, 3.8) is 0 Å². The van der Waals surface area contributed by atoms with Crippen LogP contribution in [-0.4, -0.2) is 79.1 Å². The van der Waals surface area contributed by atoms with Gasteiger partial charge in [-0.15, -0.1) is 0 Å². The lowest BCUT2D eigenvalue weighted by Gasteiger charge is -2.35. The molecule has 0 atom stereocenters. The summed E-state index contributed by atoms with van der Waals surface area (Å²) >= 11 is 0. The Morgan fingerprint density at radius 3 is 2.32 bits per heavy atom. The predicted molar refractivity (Wildman–Crippen MR) is 149 cm³/mol. The number of carbonyl (C=O) groups excluding carboxylic acids is 2. The molecule has 0 radical (unpaired) electrons. The summed E-state index contributed by atoms with van der Waals surface area (Å²) in [6.45, 7) is 7.39. The first kappa shape index (κ1) is 29.4. The number of nitrogens with one attached hydrogen (secondary N) is 1. The lowest BCUT2D eigenvalue weighted by atomic mass is 10.1. The fourth-order valence-corrected chi connectivity index (χ4v) is 4.51. The number of rotatable bonds is 15. The highest BCUT2D eigenvalue weighted by Crippen LogP contribution is 2.11. The molecule has 1 aliphatic rings. The van der Waals surface area contributed by atoms with Crippen LogP contribution in [0.5, 0.6) is 5.75 Å². The Morgan fingerprint density at radius 1 is 0.921 bits per heavy atom. The number of piperazine rings is 1. The predicted octanol–water partition coefficient (Wildman–Crippen LogP) is 4.92. The average Bonchev–Trinajstić information content (AvgIpc) is 2.95. The number of halogens is 1. The van der Waals surface area contributed by atoms with Gasteiger partial charge in [-0.05, 0) is 36.2 Å². The molecule has 2 aromatic rings. The maximum absolute atomic E-state index is 13.4. The topological polar surface area (TPSA) is 65.1 Å². The van der Waals surface area contributed by atoms with Gasteiger partial charge in [0.05, 0.1) is 0 Å². The van der Waals surface area contributed by atoms with E-state index < -0.39 is 0 Å². The number of carbonyl (C=O) groups is 2. The van der Waals surface area contributed by atoms with E-state index in [1.807, 2.05) is 35.2 Å². The fraction of sp³-hybridized carbons (Fsp3) is 0.533. The third kappa shape index (κ3) is 10.7. The van der Waals surface area contributed by atoms with Crippen LogP contribution in [0, 0.1) is 5.82 Å². The molecule has 3 rings (SSSR count). The van der Waals surface area contributed by atoms with Gasteiger partial charge in [-0.1, -0.05) is 69.4 Å². The van der Waals surface area contributed by atoms with Crippen molar-refractivity contribution in [2.45, 2.75) is 52.0 Å². The minimum absolute atomic E-state index is 0.0134. The SMILES string of the molecule is CCCCCCCCNC(=O)N(CCN1CCN(C(=O)COc2ccccc2)CC1)Cc1ccc(F)cc1. The van der Waals surface area contributed by atoms with Crippen molar-refractivity contribution < 1.29 is 18.7 Å². The van der Waals surface area contributed by atoms with Crippen LogP contribution < -0.4 is 10.1 Å². The smallest absolute Gasteiger partial charge is 0.317 e. The van der Waals surface area contributed by atoms with Crippen LogP contribution in [0.2, 0.25) is 0 Å². The second-order valence-corrected chi connectivity index (χ2v) is 9.87. The lowest BCUT2D eigenvalue weighted by molar-refractivity contribution is -0.135. The third-order valence-electron chi connectivity index (χ3n) is 6.90.